The van der Waals surface area contributed by atoms with Crippen molar-refractivity contribution >= 4 is 21.7 Å². The van der Waals surface area contributed by atoms with E-state index in [-0.39, 0.29) is 17.9 Å². The van der Waals surface area contributed by atoms with Crippen molar-refractivity contribution in [2.75, 3.05) is 31.7 Å². The number of urea groups is 1. The lowest BCUT2D eigenvalue weighted by molar-refractivity contribution is 0.174. The summed E-state index contributed by atoms with van der Waals surface area (Å²) in [6.45, 7) is 0.830. The largest absolute Gasteiger partial charge is 0.325 e. The van der Waals surface area contributed by atoms with E-state index in [1.54, 1.807) is 54.4 Å². The Labute approximate surface area is 165 Å². The second-order valence-corrected chi connectivity index (χ2v) is 8.97. The zero-order valence-electron chi connectivity index (χ0n) is 15.9. The van der Waals surface area contributed by atoms with E-state index in [0.717, 1.165) is 5.56 Å². The van der Waals surface area contributed by atoms with Crippen LogP contribution in [0.2, 0.25) is 0 Å². The molecular weight excluding hydrogens is 381 g/mol. The number of hydrogen-bond acceptors (Lipinski definition) is 3. The van der Waals surface area contributed by atoms with Crippen LogP contribution in [0.25, 0.3) is 11.1 Å². The summed E-state index contributed by atoms with van der Waals surface area (Å²) >= 11 is 0. The van der Waals surface area contributed by atoms with Gasteiger partial charge in [0.25, 0.3) is 0 Å². The van der Waals surface area contributed by atoms with E-state index in [2.05, 4.69) is 5.32 Å². The summed E-state index contributed by atoms with van der Waals surface area (Å²) in [5.41, 5.74) is 1.86. The normalized spacial score (nSPS) is 16.0. The van der Waals surface area contributed by atoms with Gasteiger partial charge in [-0.1, -0.05) is 30.3 Å². The zero-order chi connectivity index (χ0) is 20.3. The number of nitrogens with one attached hydrogen (secondary N) is 1. The molecule has 6 nitrogen and oxygen atoms in total. The van der Waals surface area contributed by atoms with Crippen LogP contribution in [0.5, 0.6) is 0 Å². The van der Waals surface area contributed by atoms with Crippen molar-refractivity contribution in [1.82, 2.24) is 9.21 Å². The van der Waals surface area contributed by atoms with Crippen molar-refractivity contribution < 1.29 is 17.6 Å². The Hall–Kier alpha value is -2.45. The van der Waals surface area contributed by atoms with Gasteiger partial charge in [-0.25, -0.2) is 21.9 Å². The molecule has 1 N–H and O–H groups in total. The molecule has 1 saturated heterocycles. The van der Waals surface area contributed by atoms with Crippen molar-refractivity contribution in [3.63, 3.8) is 0 Å². The van der Waals surface area contributed by atoms with Crippen LogP contribution in [0.15, 0.2) is 48.5 Å². The van der Waals surface area contributed by atoms with Crippen molar-refractivity contribution in [3.05, 3.63) is 54.3 Å². The highest BCUT2D eigenvalue weighted by Gasteiger charge is 2.29. The lowest BCUT2D eigenvalue weighted by Gasteiger charge is -2.35. The number of nitrogens with zero attached hydrogens (tertiary/aromatic N) is 2. The number of carbonyl (C=O) groups is 1. The van der Waals surface area contributed by atoms with Crippen LogP contribution in [-0.2, 0) is 10.0 Å². The fourth-order valence-electron chi connectivity index (χ4n) is 3.37. The molecule has 2 aromatic rings. The molecule has 1 heterocycles. The SMILES string of the molecule is CN(C(=O)Nc1ccc(-c2ccccc2F)cc1)C1CCN(S(C)(=O)=O)CC1. The fraction of sp³-hybridized carbons (Fsp3) is 0.350. The highest BCUT2D eigenvalue weighted by molar-refractivity contribution is 7.88. The van der Waals surface area contributed by atoms with E-state index in [1.807, 2.05) is 0 Å². The molecule has 0 bridgehead atoms. The number of halogens is 1. The Kier molecular flexibility index (Phi) is 6.00. The second-order valence-electron chi connectivity index (χ2n) is 6.99. The molecule has 3 rings (SSSR count). The van der Waals surface area contributed by atoms with Gasteiger partial charge in [0, 0.05) is 37.4 Å². The van der Waals surface area contributed by atoms with E-state index < -0.39 is 10.0 Å². The highest BCUT2D eigenvalue weighted by Crippen LogP contribution is 2.24. The summed E-state index contributed by atoms with van der Waals surface area (Å²) in [5, 5.41) is 2.84. The van der Waals surface area contributed by atoms with Crippen LogP contribution >= 0.6 is 0 Å². The molecule has 0 unspecified atom stereocenters. The third-order valence-corrected chi connectivity index (χ3v) is 6.38. The molecule has 0 aromatic heterocycles. The maximum absolute atomic E-state index is 13.9. The first-order chi connectivity index (χ1) is 13.3. The van der Waals surface area contributed by atoms with Crippen molar-refractivity contribution in [2.45, 2.75) is 18.9 Å². The van der Waals surface area contributed by atoms with Gasteiger partial charge in [0.15, 0.2) is 0 Å². The summed E-state index contributed by atoms with van der Waals surface area (Å²) < 4.78 is 38.5. The van der Waals surface area contributed by atoms with Gasteiger partial charge in [0.1, 0.15) is 5.82 Å². The Morgan fingerprint density at radius 3 is 2.29 bits per heavy atom. The first-order valence-electron chi connectivity index (χ1n) is 9.09. The Morgan fingerprint density at radius 2 is 1.71 bits per heavy atom. The smallest absolute Gasteiger partial charge is 0.321 e. The van der Waals surface area contributed by atoms with Crippen molar-refractivity contribution in [3.8, 4) is 11.1 Å². The van der Waals surface area contributed by atoms with Gasteiger partial charge in [-0.2, -0.15) is 0 Å². The third-order valence-electron chi connectivity index (χ3n) is 5.08. The monoisotopic (exact) mass is 405 g/mol. The molecule has 150 valence electrons. The number of piperidine rings is 1. The number of anilines is 1. The minimum absolute atomic E-state index is 0.0179. The lowest BCUT2D eigenvalue weighted by Crippen LogP contribution is -2.48. The fourth-order valence-corrected chi connectivity index (χ4v) is 4.24. The molecule has 0 atom stereocenters. The average molecular weight is 405 g/mol. The molecule has 2 aromatic carbocycles. The summed E-state index contributed by atoms with van der Waals surface area (Å²) in [6, 6.07) is 13.3. The molecule has 8 heteroatoms. The Morgan fingerprint density at radius 1 is 1.11 bits per heavy atom. The molecule has 1 aliphatic rings. The maximum atomic E-state index is 13.9. The molecule has 28 heavy (non-hydrogen) atoms. The summed E-state index contributed by atoms with van der Waals surface area (Å²) in [6.07, 6.45) is 2.40. The van der Waals surface area contributed by atoms with E-state index in [0.29, 0.717) is 37.2 Å². The average Bonchev–Trinajstić information content (AvgIpc) is 2.68. The molecule has 1 aliphatic heterocycles. The second kappa shape index (κ2) is 8.28. The van der Waals surface area contributed by atoms with Crippen LogP contribution < -0.4 is 5.32 Å². The summed E-state index contributed by atoms with van der Waals surface area (Å²) in [7, 11) is -1.47. The predicted octanol–water partition coefficient (Wildman–Crippen LogP) is 3.38. The minimum Gasteiger partial charge on any atom is -0.325 e. The first-order valence-corrected chi connectivity index (χ1v) is 10.9. The van der Waals surface area contributed by atoms with Gasteiger partial charge < -0.3 is 10.2 Å². The van der Waals surface area contributed by atoms with Crippen LogP contribution in [0.1, 0.15) is 12.8 Å². The number of sulfonamides is 1. The van der Waals surface area contributed by atoms with E-state index >= 15 is 0 Å². The molecule has 0 aliphatic carbocycles. The number of benzene rings is 2. The topological polar surface area (TPSA) is 69.7 Å². The van der Waals surface area contributed by atoms with Gasteiger partial charge in [0.05, 0.1) is 6.26 Å². The number of amides is 2. The molecule has 0 spiro atoms. The van der Waals surface area contributed by atoms with Crippen LogP contribution in [-0.4, -0.2) is 56.1 Å². The molecule has 0 saturated carbocycles. The number of hydrogen-bond donors (Lipinski definition) is 1. The van der Waals surface area contributed by atoms with Gasteiger partial charge >= 0.3 is 6.03 Å². The lowest BCUT2D eigenvalue weighted by atomic mass is 10.0. The first kappa shape index (κ1) is 20.3. The standard InChI is InChI=1S/C20H24FN3O3S/c1-23(17-11-13-24(14-12-17)28(2,26)27)20(25)22-16-9-7-15(8-10-16)18-5-3-4-6-19(18)21/h3-10,17H,11-14H2,1-2H3,(H,22,25). The summed E-state index contributed by atoms with van der Waals surface area (Å²) in [5.74, 6) is -0.292. The van der Waals surface area contributed by atoms with Gasteiger partial charge in [-0.05, 0) is 36.6 Å². The Bertz CT molecular complexity index is 939. The van der Waals surface area contributed by atoms with Crippen LogP contribution in [0.4, 0.5) is 14.9 Å². The van der Waals surface area contributed by atoms with Crippen LogP contribution in [0.3, 0.4) is 0 Å². The van der Waals surface area contributed by atoms with Crippen LogP contribution in [0, 0.1) is 5.82 Å². The van der Waals surface area contributed by atoms with E-state index in [1.165, 1.54) is 16.6 Å². The Balaban J connectivity index is 1.59. The molecule has 2 amide bonds. The van der Waals surface area contributed by atoms with Crippen molar-refractivity contribution in [1.29, 1.82) is 0 Å². The number of rotatable bonds is 4. The minimum atomic E-state index is -3.19. The maximum Gasteiger partial charge on any atom is 0.321 e. The third kappa shape index (κ3) is 4.69. The number of carbonyl (C=O) groups excluding carboxylic acids is 1. The quantitative estimate of drug-likeness (QED) is 0.848. The van der Waals surface area contributed by atoms with E-state index in [9.17, 15) is 17.6 Å². The van der Waals surface area contributed by atoms with Gasteiger partial charge in [0.2, 0.25) is 10.0 Å². The van der Waals surface area contributed by atoms with E-state index in [4.69, 9.17) is 0 Å². The summed E-state index contributed by atoms with van der Waals surface area (Å²) in [4.78, 5) is 14.1. The zero-order valence-corrected chi connectivity index (χ0v) is 16.7. The van der Waals surface area contributed by atoms with Gasteiger partial charge in [-0.15, -0.1) is 0 Å². The van der Waals surface area contributed by atoms with Gasteiger partial charge in [-0.3, -0.25) is 0 Å². The molecule has 0 radical (unpaired) electrons. The van der Waals surface area contributed by atoms with Crippen molar-refractivity contribution in [2.24, 2.45) is 0 Å². The molecule has 1 fully saturated rings. The molecular formula is C20H24FN3O3S. The highest BCUT2D eigenvalue weighted by atomic mass is 32.2. The predicted molar refractivity (Wildman–Crippen MR) is 108 cm³/mol.